The van der Waals surface area contributed by atoms with Crippen molar-refractivity contribution in [3.8, 4) is 5.69 Å². The van der Waals surface area contributed by atoms with E-state index in [2.05, 4.69) is 30.6 Å². The predicted octanol–water partition coefficient (Wildman–Crippen LogP) is 7.03. The second-order valence-electron chi connectivity index (χ2n) is 14.1. The fourth-order valence-corrected chi connectivity index (χ4v) is 10.9. The lowest BCUT2D eigenvalue weighted by atomic mass is 9.46. The van der Waals surface area contributed by atoms with Crippen LogP contribution in [0.1, 0.15) is 57.2 Å². The van der Waals surface area contributed by atoms with E-state index in [-0.39, 0.29) is 28.5 Å². The Kier molecular flexibility index (Phi) is 6.51. The van der Waals surface area contributed by atoms with E-state index < -0.39 is 6.10 Å². The lowest BCUT2D eigenvalue weighted by Crippen LogP contribution is -2.57. The molecule has 4 aliphatic rings. The minimum Gasteiger partial charge on any atom is -0.393 e. The highest BCUT2D eigenvalue weighted by Gasteiger charge is 2.63. The number of aliphatic hydroxyl groups is 1. The average Bonchev–Trinajstić information content (AvgIpc) is 3.67. The molecule has 44 heavy (non-hydrogen) atoms. The van der Waals surface area contributed by atoms with Crippen molar-refractivity contribution in [1.82, 2.24) is 19.3 Å². The van der Waals surface area contributed by atoms with Crippen molar-refractivity contribution < 1.29 is 14.3 Å². The van der Waals surface area contributed by atoms with Gasteiger partial charge in [0.25, 0.3) is 0 Å². The van der Waals surface area contributed by atoms with E-state index in [1.807, 2.05) is 36.1 Å². The molecule has 1 N–H and O–H groups in total. The van der Waals surface area contributed by atoms with Crippen LogP contribution in [0.3, 0.4) is 0 Å². The molecule has 2 heterocycles. The Morgan fingerprint density at radius 1 is 1.11 bits per heavy atom. The molecule has 8 heteroatoms. The van der Waals surface area contributed by atoms with Gasteiger partial charge in [-0.1, -0.05) is 43.3 Å². The number of halogens is 1. The number of aryl methyl sites for hydroxylation is 1. The van der Waals surface area contributed by atoms with Crippen molar-refractivity contribution in [3.05, 3.63) is 77.4 Å². The molecule has 6 nitrogen and oxygen atoms in total. The number of benzene rings is 2. The van der Waals surface area contributed by atoms with Crippen LogP contribution < -0.4 is 0 Å². The molecular formula is C36H39FN4O2S. The van der Waals surface area contributed by atoms with Crippen molar-refractivity contribution in [2.24, 2.45) is 41.5 Å². The highest BCUT2D eigenvalue weighted by molar-refractivity contribution is 7.99. The van der Waals surface area contributed by atoms with E-state index in [0.29, 0.717) is 29.8 Å². The number of hydrogen-bond acceptors (Lipinski definition) is 5. The van der Waals surface area contributed by atoms with Crippen LogP contribution in [0.5, 0.6) is 0 Å². The summed E-state index contributed by atoms with van der Waals surface area (Å²) in [5.41, 5.74) is 6.20. The highest BCUT2D eigenvalue weighted by Crippen LogP contribution is 2.66. The molecule has 7 unspecified atom stereocenters. The van der Waals surface area contributed by atoms with Crippen molar-refractivity contribution in [2.45, 2.75) is 63.6 Å². The predicted molar refractivity (Wildman–Crippen MR) is 171 cm³/mol. The molecule has 3 fully saturated rings. The molecular weight excluding hydrogens is 571 g/mol. The summed E-state index contributed by atoms with van der Waals surface area (Å²) in [7, 11) is 2.01. The normalized spacial score (nSPS) is 32.5. The Hall–Kier alpha value is -3.23. The van der Waals surface area contributed by atoms with Crippen LogP contribution in [0.4, 0.5) is 4.39 Å². The van der Waals surface area contributed by atoms with E-state index in [1.54, 1.807) is 23.9 Å². The van der Waals surface area contributed by atoms with Crippen LogP contribution in [-0.4, -0.2) is 42.1 Å². The first-order valence-electron chi connectivity index (χ1n) is 16.0. The van der Waals surface area contributed by atoms with Gasteiger partial charge in [-0.25, -0.2) is 14.1 Å². The summed E-state index contributed by atoms with van der Waals surface area (Å²) in [5.74, 6) is 1.43. The summed E-state index contributed by atoms with van der Waals surface area (Å²) < 4.78 is 17.6. The number of nitrogens with zero attached hydrogens (tertiary/aromatic N) is 4. The molecule has 2 aromatic heterocycles. The van der Waals surface area contributed by atoms with Crippen LogP contribution in [0.2, 0.25) is 0 Å². The number of Topliss-reactive ketones (excluding diaryl/α,β-unsaturated/α-hetero) is 1. The molecule has 4 aromatic rings. The molecule has 8 rings (SSSR count). The van der Waals surface area contributed by atoms with Gasteiger partial charge in [0.15, 0.2) is 5.16 Å². The molecule has 3 saturated carbocycles. The number of aromatic nitrogens is 4. The van der Waals surface area contributed by atoms with Gasteiger partial charge in [-0.3, -0.25) is 4.79 Å². The number of thioether (sulfide) groups is 1. The molecule has 0 aliphatic heterocycles. The zero-order chi connectivity index (χ0) is 30.4. The van der Waals surface area contributed by atoms with Gasteiger partial charge in [-0.05, 0) is 115 Å². The third-order valence-corrected chi connectivity index (χ3v) is 13.0. The van der Waals surface area contributed by atoms with Crippen LogP contribution in [0.15, 0.2) is 65.5 Å². The lowest BCUT2D eigenvalue weighted by molar-refractivity contribution is -0.140. The Bertz CT molecular complexity index is 1810. The van der Waals surface area contributed by atoms with Crippen molar-refractivity contribution >= 4 is 34.7 Å². The number of carbonyl (C=O) groups excluding carboxylic acids is 1. The van der Waals surface area contributed by atoms with Crippen molar-refractivity contribution in [1.29, 1.82) is 0 Å². The topological polar surface area (TPSA) is 72.9 Å². The Balaban J connectivity index is 1.03. The van der Waals surface area contributed by atoms with Crippen LogP contribution >= 0.6 is 11.8 Å². The Morgan fingerprint density at radius 2 is 1.91 bits per heavy atom. The third kappa shape index (κ3) is 4.13. The third-order valence-electron chi connectivity index (χ3n) is 12.0. The molecule has 0 bridgehead atoms. The number of fused-ring (bicyclic) bond motifs is 7. The summed E-state index contributed by atoms with van der Waals surface area (Å²) in [4.78, 5) is 18.6. The van der Waals surface area contributed by atoms with Gasteiger partial charge >= 0.3 is 0 Å². The second kappa shape index (κ2) is 10.1. The summed E-state index contributed by atoms with van der Waals surface area (Å²) in [5, 5.41) is 17.6. The average molecular weight is 611 g/mol. The minimum atomic E-state index is -0.454. The fraction of sp³-hybridized carbons (Fsp3) is 0.472. The van der Waals surface area contributed by atoms with Crippen molar-refractivity contribution in [3.63, 3.8) is 0 Å². The van der Waals surface area contributed by atoms with Gasteiger partial charge in [0, 0.05) is 13.0 Å². The lowest BCUT2D eigenvalue weighted by Gasteiger charge is -2.59. The van der Waals surface area contributed by atoms with Gasteiger partial charge in [0.1, 0.15) is 11.6 Å². The molecule has 0 radical (unpaired) electrons. The van der Waals surface area contributed by atoms with Crippen LogP contribution in [0, 0.1) is 40.3 Å². The minimum absolute atomic E-state index is 0.0260. The maximum atomic E-state index is 13.9. The van der Waals surface area contributed by atoms with Crippen LogP contribution in [-0.2, 0) is 18.3 Å². The monoisotopic (exact) mass is 610 g/mol. The van der Waals surface area contributed by atoms with E-state index in [4.69, 9.17) is 10.1 Å². The van der Waals surface area contributed by atoms with Gasteiger partial charge in [-0.2, -0.15) is 5.10 Å². The Morgan fingerprint density at radius 3 is 2.70 bits per heavy atom. The van der Waals surface area contributed by atoms with E-state index >= 15 is 0 Å². The van der Waals surface area contributed by atoms with E-state index in [9.17, 15) is 14.3 Å². The maximum absolute atomic E-state index is 13.9. The number of para-hydroxylation sites is 2. The molecule has 7 atom stereocenters. The number of ketones is 1. The van der Waals surface area contributed by atoms with Gasteiger partial charge in [-0.15, -0.1) is 0 Å². The van der Waals surface area contributed by atoms with Gasteiger partial charge in [0.05, 0.1) is 40.5 Å². The Labute approximate surface area is 261 Å². The quantitative estimate of drug-likeness (QED) is 0.246. The van der Waals surface area contributed by atoms with Gasteiger partial charge < -0.3 is 9.67 Å². The number of aliphatic hydroxyl groups excluding tert-OH is 1. The second-order valence-corrected chi connectivity index (χ2v) is 15.1. The number of imidazole rings is 1. The standard InChI is InChI=1S/C36H39FN4O2S/c1-35-17-21-19-38-41(24-11-9-23(37)10-12-24)30(21)16-22(35)8-13-25-26-14-15-27(36(26,2)18-31(42)33(25)35)32(43)20-44-34-39-28-6-4-5-7-29(28)40(34)3/h4-7,9-12,16,19,25-27,31,33,42H,8,13-15,17-18,20H2,1-3H3. The summed E-state index contributed by atoms with van der Waals surface area (Å²) in [6.07, 6.45) is 9.31. The van der Waals surface area contributed by atoms with Gasteiger partial charge in [0.2, 0.25) is 0 Å². The zero-order valence-corrected chi connectivity index (χ0v) is 26.4. The van der Waals surface area contributed by atoms with E-state index in [0.717, 1.165) is 59.7 Å². The molecule has 0 spiro atoms. The first kappa shape index (κ1) is 28.3. The summed E-state index contributed by atoms with van der Waals surface area (Å²) in [6, 6.07) is 14.6. The fourth-order valence-electron chi connectivity index (χ4n) is 9.99. The number of hydrogen-bond donors (Lipinski definition) is 1. The first-order valence-corrected chi connectivity index (χ1v) is 16.9. The molecule has 0 saturated heterocycles. The zero-order valence-electron chi connectivity index (χ0n) is 25.5. The van der Waals surface area contributed by atoms with E-state index in [1.165, 1.54) is 23.3 Å². The molecule has 228 valence electrons. The van der Waals surface area contributed by atoms with Crippen LogP contribution in [0.25, 0.3) is 22.8 Å². The SMILES string of the molecule is Cn1c(SCC(=O)C2CCC3C4CCC5=Cc6c(cnn6-c6ccc(F)cc6)CC5(C)C4C(O)CC23C)nc2ccccc21. The smallest absolute Gasteiger partial charge is 0.169 e. The highest BCUT2D eigenvalue weighted by atomic mass is 32.2. The molecule has 4 aliphatic carbocycles. The molecule has 2 aromatic carbocycles. The molecule has 0 amide bonds. The number of allylic oxidation sites excluding steroid dienone is 1. The van der Waals surface area contributed by atoms with Crippen molar-refractivity contribution in [2.75, 3.05) is 5.75 Å². The summed E-state index contributed by atoms with van der Waals surface area (Å²) >= 11 is 1.54. The largest absolute Gasteiger partial charge is 0.393 e. The number of rotatable bonds is 5. The maximum Gasteiger partial charge on any atom is 0.169 e. The summed E-state index contributed by atoms with van der Waals surface area (Å²) in [6.45, 7) is 4.65. The first-order chi connectivity index (χ1) is 21.2. The number of carbonyl (C=O) groups is 1.